The summed E-state index contributed by atoms with van der Waals surface area (Å²) >= 11 is 9.64. The van der Waals surface area contributed by atoms with Gasteiger partial charge in [-0.3, -0.25) is 0 Å². The minimum atomic E-state index is 0.737. The van der Waals surface area contributed by atoms with Crippen LogP contribution in [0.1, 0.15) is 45.1 Å². The van der Waals surface area contributed by atoms with Gasteiger partial charge in [0.1, 0.15) is 5.75 Å². The molecule has 0 spiro atoms. The highest BCUT2D eigenvalue weighted by Crippen LogP contribution is 2.32. The molecule has 2 aromatic carbocycles. The number of unbranched alkanes of at least 4 members (excludes halogenated alkanes) is 2. The van der Waals surface area contributed by atoms with Crippen LogP contribution in [0, 0.1) is 0 Å². The van der Waals surface area contributed by atoms with Gasteiger partial charge in [-0.1, -0.05) is 53.0 Å². The van der Waals surface area contributed by atoms with E-state index in [1.54, 1.807) is 0 Å². The molecule has 0 saturated heterocycles. The van der Waals surface area contributed by atoms with E-state index in [-0.39, 0.29) is 0 Å². The molecular weight excluding hydrogens is 410 g/mol. The number of anilines is 1. The first-order valence-corrected chi connectivity index (χ1v) is 10.7. The number of hydrogen-bond acceptors (Lipinski definition) is 2. The Morgan fingerprint density at radius 2 is 1.88 bits per heavy atom. The molecule has 0 unspecified atom stereocenters. The summed E-state index contributed by atoms with van der Waals surface area (Å²) in [7, 11) is 0. The van der Waals surface area contributed by atoms with Crippen LogP contribution in [-0.4, -0.2) is 19.7 Å². The van der Waals surface area contributed by atoms with E-state index in [9.17, 15) is 0 Å². The maximum atomic E-state index is 6.13. The largest absolute Gasteiger partial charge is 0.491 e. The van der Waals surface area contributed by atoms with Crippen molar-refractivity contribution in [2.45, 2.75) is 46.0 Å². The molecule has 2 rings (SSSR count). The first-order chi connectivity index (χ1) is 12.6. The number of ether oxygens (including phenoxy) is 1. The van der Waals surface area contributed by atoms with Crippen LogP contribution in [0.15, 0.2) is 46.9 Å². The van der Waals surface area contributed by atoms with Gasteiger partial charge in [-0.15, -0.1) is 0 Å². The molecule has 0 radical (unpaired) electrons. The van der Waals surface area contributed by atoms with Gasteiger partial charge in [-0.05, 0) is 68.5 Å². The standard InChI is InChI=1S/C22H29BrClNO/c1-3-5-14-25(4-2)21-17-19(23)12-13-22(21)26-15-7-6-9-18-10-8-11-20(24)16-18/h8,10-13,16-17H,3-7,9,14-15H2,1-2H3. The van der Waals surface area contributed by atoms with Crippen molar-refractivity contribution in [3.05, 3.63) is 57.5 Å². The Morgan fingerprint density at radius 3 is 2.62 bits per heavy atom. The van der Waals surface area contributed by atoms with Crippen molar-refractivity contribution >= 4 is 33.2 Å². The van der Waals surface area contributed by atoms with Crippen molar-refractivity contribution in [2.75, 3.05) is 24.6 Å². The van der Waals surface area contributed by atoms with E-state index in [1.807, 2.05) is 18.2 Å². The molecule has 0 saturated carbocycles. The van der Waals surface area contributed by atoms with Crippen LogP contribution in [0.5, 0.6) is 5.75 Å². The molecule has 0 aromatic heterocycles. The van der Waals surface area contributed by atoms with E-state index >= 15 is 0 Å². The summed E-state index contributed by atoms with van der Waals surface area (Å²) in [5, 5.41) is 0.810. The molecule has 0 bridgehead atoms. The van der Waals surface area contributed by atoms with Crippen molar-refractivity contribution in [3.8, 4) is 5.75 Å². The number of nitrogens with zero attached hydrogens (tertiary/aromatic N) is 1. The maximum Gasteiger partial charge on any atom is 0.142 e. The first kappa shape index (κ1) is 21.1. The molecule has 0 fully saturated rings. The highest BCUT2D eigenvalue weighted by atomic mass is 79.9. The highest BCUT2D eigenvalue weighted by molar-refractivity contribution is 9.10. The van der Waals surface area contributed by atoms with E-state index in [0.29, 0.717) is 0 Å². The fraction of sp³-hybridized carbons (Fsp3) is 0.455. The Labute approximate surface area is 171 Å². The number of rotatable bonds is 11. The smallest absolute Gasteiger partial charge is 0.142 e. The van der Waals surface area contributed by atoms with Gasteiger partial charge in [0, 0.05) is 22.6 Å². The normalized spacial score (nSPS) is 10.8. The number of aryl methyl sites for hydroxylation is 1. The Bertz CT molecular complexity index is 677. The summed E-state index contributed by atoms with van der Waals surface area (Å²) in [4.78, 5) is 2.40. The van der Waals surface area contributed by atoms with Crippen LogP contribution < -0.4 is 9.64 Å². The zero-order chi connectivity index (χ0) is 18.8. The molecular formula is C22H29BrClNO. The molecule has 0 aliphatic rings. The fourth-order valence-electron chi connectivity index (χ4n) is 2.96. The Morgan fingerprint density at radius 1 is 1.04 bits per heavy atom. The van der Waals surface area contributed by atoms with Gasteiger partial charge in [0.25, 0.3) is 0 Å². The third-order valence-corrected chi connectivity index (χ3v) is 5.16. The quantitative estimate of drug-likeness (QED) is 0.346. The predicted octanol–water partition coefficient (Wildman–Crippen LogP) is 7.13. The Hall–Kier alpha value is -1.19. The van der Waals surface area contributed by atoms with Crippen molar-refractivity contribution in [1.29, 1.82) is 0 Å². The second-order valence-electron chi connectivity index (χ2n) is 6.48. The number of hydrogen-bond donors (Lipinski definition) is 0. The average molecular weight is 439 g/mol. The summed E-state index contributed by atoms with van der Waals surface area (Å²) in [5.41, 5.74) is 2.48. The molecule has 142 valence electrons. The van der Waals surface area contributed by atoms with E-state index in [1.165, 1.54) is 24.1 Å². The van der Waals surface area contributed by atoms with Gasteiger partial charge < -0.3 is 9.64 Å². The highest BCUT2D eigenvalue weighted by Gasteiger charge is 2.11. The predicted molar refractivity (Wildman–Crippen MR) is 117 cm³/mol. The fourth-order valence-corrected chi connectivity index (χ4v) is 3.53. The summed E-state index contributed by atoms with van der Waals surface area (Å²) < 4.78 is 7.22. The SMILES string of the molecule is CCCCN(CC)c1cc(Br)ccc1OCCCCc1cccc(Cl)c1. The van der Waals surface area contributed by atoms with Gasteiger partial charge in [-0.2, -0.15) is 0 Å². The minimum Gasteiger partial charge on any atom is -0.491 e. The lowest BCUT2D eigenvalue weighted by molar-refractivity contribution is 0.307. The van der Waals surface area contributed by atoms with Crippen LogP contribution in [-0.2, 0) is 6.42 Å². The Kier molecular flexibility index (Phi) is 9.35. The number of halogens is 2. The molecule has 0 amide bonds. The van der Waals surface area contributed by atoms with Crippen LogP contribution in [0.3, 0.4) is 0 Å². The lowest BCUT2D eigenvalue weighted by Gasteiger charge is -2.25. The molecule has 0 heterocycles. The Balaban J connectivity index is 1.88. The topological polar surface area (TPSA) is 12.5 Å². The molecule has 2 nitrogen and oxygen atoms in total. The van der Waals surface area contributed by atoms with Crippen LogP contribution in [0.25, 0.3) is 0 Å². The van der Waals surface area contributed by atoms with Crippen molar-refractivity contribution in [3.63, 3.8) is 0 Å². The second-order valence-corrected chi connectivity index (χ2v) is 7.83. The molecule has 26 heavy (non-hydrogen) atoms. The molecule has 0 aliphatic heterocycles. The van der Waals surface area contributed by atoms with Crippen LogP contribution in [0.4, 0.5) is 5.69 Å². The molecule has 4 heteroatoms. The van der Waals surface area contributed by atoms with Gasteiger partial charge >= 0.3 is 0 Å². The monoisotopic (exact) mass is 437 g/mol. The zero-order valence-corrected chi connectivity index (χ0v) is 18.2. The summed E-state index contributed by atoms with van der Waals surface area (Å²) in [6, 6.07) is 14.4. The van der Waals surface area contributed by atoms with E-state index in [0.717, 1.165) is 54.2 Å². The van der Waals surface area contributed by atoms with Crippen LogP contribution in [0.2, 0.25) is 5.02 Å². The summed E-state index contributed by atoms with van der Waals surface area (Å²) in [6.45, 7) is 7.22. The molecule has 2 aromatic rings. The number of benzene rings is 2. The maximum absolute atomic E-state index is 6.13. The third-order valence-electron chi connectivity index (χ3n) is 4.43. The van der Waals surface area contributed by atoms with Gasteiger partial charge in [-0.25, -0.2) is 0 Å². The van der Waals surface area contributed by atoms with Crippen molar-refractivity contribution in [1.82, 2.24) is 0 Å². The molecule has 0 aliphatic carbocycles. The lowest BCUT2D eigenvalue weighted by Crippen LogP contribution is -2.24. The summed E-state index contributed by atoms with van der Waals surface area (Å²) in [6.07, 6.45) is 5.56. The van der Waals surface area contributed by atoms with Gasteiger partial charge in [0.2, 0.25) is 0 Å². The van der Waals surface area contributed by atoms with Crippen molar-refractivity contribution in [2.24, 2.45) is 0 Å². The van der Waals surface area contributed by atoms with E-state index < -0.39 is 0 Å². The summed E-state index contributed by atoms with van der Waals surface area (Å²) in [5.74, 6) is 0.980. The second kappa shape index (κ2) is 11.5. The first-order valence-electron chi connectivity index (χ1n) is 9.55. The molecule has 0 N–H and O–H groups in total. The van der Waals surface area contributed by atoms with E-state index in [2.05, 4.69) is 58.9 Å². The molecule has 0 atom stereocenters. The zero-order valence-electron chi connectivity index (χ0n) is 15.8. The van der Waals surface area contributed by atoms with E-state index in [4.69, 9.17) is 16.3 Å². The average Bonchev–Trinajstić information content (AvgIpc) is 2.63. The van der Waals surface area contributed by atoms with Crippen LogP contribution >= 0.6 is 27.5 Å². The lowest BCUT2D eigenvalue weighted by atomic mass is 10.1. The van der Waals surface area contributed by atoms with Gasteiger partial charge in [0.05, 0.1) is 12.3 Å². The minimum absolute atomic E-state index is 0.737. The van der Waals surface area contributed by atoms with Crippen molar-refractivity contribution < 1.29 is 4.74 Å². The van der Waals surface area contributed by atoms with Gasteiger partial charge in [0.15, 0.2) is 0 Å². The third kappa shape index (κ3) is 6.85.